The largest absolute Gasteiger partial charge is 0.350 e. The highest BCUT2D eigenvalue weighted by Crippen LogP contribution is 2.21. The number of amides is 2. The molecule has 0 radical (unpaired) electrons. The standard InChI is InChI=1S/C25H24N4O2/c1-18(27-25(31)20-12-6-3-7-13-20)24-28-21-14-8-9-15-22(21)29(24)17-23(30)26-16-19-10-4-2-5-11-19/h2-15,18H,16-17H2,1H3,(H,26,30)(H,27,31)/t18-/m1/s1. The van der Waals surface area contributed by atoms with Gasteiger partial charge in [0.2, 0.25) is 5.91 Å². The minimum Gasteiger partial charge on any atom is -0.350 e. The maximum absolute atomic E-state index is 12.7. The van der Waals surface area contributed by atoms with Crippen LogP contribution in [0.4, 0.5) is 0 Å². The Kier molecular flexibility index (Phi) is 6.08. The van der Waals surface area contributed by atoms with Crippen LogP contribution in [0.5, 0.6) is 0 Å². The molecule has 1 aromatic heterocycles. The zero-order valence-electron chi connectivity index (χ0n) is 17.3. The fraction of sp³-hybridized carbons (Fsp3) is 0.160. The molecule has 0 spiro atoms. The minimum absolute atomic E-state index is 0.116. The molecule has 0 fully saturated rings. The van der Waals surface area contributed by atoms with Gasteiger partial charge in [-0.15, -0.1) is 0 Å². The Balaban J connectivity index is 1.54. The molecule has 0 saturated heterocycles. The number of nitrogens with one attached hydrogen (secondary N) is 2. The van der Waals surface area contributed by atoms with E-state index in [0.29, 0.717) is 17.9 Å². The van der Waals surface area contributed by atoms with E-state index in [9.17, 15) is 9.59 Å². The molecule has 4 rings (SSSR count). The summed E-state index contributed by atoms with van der Waals surface area (Å²) in [6.45, 7) is 2.45. The fourth-order valence-corrected chi connectivity index (χ4v) is 3.52. The van der Waals surface area contributed by atoms with Gasteiger partial charge < -0.3 is 15.2 Å². The number of carbonyl (C=O) groups is 2. The van der Waals surface area contributed by atoms with Crippen molar-refractivity contribution in [3.05, 3.63) is 102 Å². The SMILES string of the molecule is C[C@@H](NC(=O)c1ccccc1)c1nc2ccccc2n1CC(=O)NCc1ccccc1. The molecule has 3 aromatic carbocycles. The predicted octanol–water partition coefficient (Wildman–Crippen LogP) is 3.84. The summed E-state index contributed by atoms with van der Waals surface area (Å²) >= 11 is 0. The number of aromatic nitrogens is 2. The van der Waals surface area contributed by atoms with Gasteiger partial charge in [0.25, 0.3) is 5.91 Å². The third-order valence-electron chi connectivity index (χ3n) is 5.09. The van der Waals surface area contributed by atoms with Crippen LogP contribution in [0.2, 0.25) is 0 Å². The van der Waals surface area contributed by atoms with Gasteiger partial charge in [0.15, 0.2) is 0 Å². The van der Waals surface area contributed by atoms with E-state index in [4.69, 9.17) is 4.98 Å². The van der Waals surface area contributed by atoms with E-state index in [-0.39, 0.29) is 24.4 Å². The number of fused-ring (bicyclic) bond motifs is 1. The Morgan fingerprint density at radius 3 is 2.29 bits per heavy atom. The lowest BCUT2D eigenvalue weighted by Gasteiger charge is -2.16. The van der Waals surface area contributed by atoms with Crippen molar-refractivity contribution in [2.45, 2.75) is 26.1 Å². The Bertz CT molecular complexity index is 1190. The number of carbonyl (C=O) groups excluding carboxylic acids is 2. The fourth-order valence-electron chi connectivity index (χ4n) is 3.52. The number of imidazole rings is 1. The molecule has 31 heavy (non-hydrogen) atoms. The van der Waals surface area contributed by atoms with Gasteiger partial charge in [0.1, 0.15) is 12.4 Å². The third kappa shape index (κ3) is 4.80. The molecule has 1 heterocycles. The first kappa shape index (κ1) is 20.3. The van der Waals surface area contributed by atoms with Gasteiger partial charge in [-0.25, -0.2) is 4.98 Å². The molecule has 1 atom stereocenters. The number of nitrogens with zero attached hydrogens (tertiary/aromatic N) is 2. The first-order valence-corrected chi connectivity index (χ1v) is 10.2. The Morgan fingerprint density at radius 2 is 1.55 bits per heavy atom. The minimum atomic E-state index is -0.373. The summed E-state index contributed by atoms with van der Waals surface area (Å²) in [5.74, 6) is 0.343. The first-order chi connectivity index (χ1) is 15.1. The number of rotatable bonds is 7. The van der Waals surface area contributed by atoms with Crippen LogP contribution in [0.3, 0.4) is 0 Å². The van der Waals surface area contributed by atoms with Gasteiger partial charge in [0.05, 0.1) is 17.1 Å². The van der Waals surface area contributed by atoms with Crippen molar-refractivity contribution in [1.82, 2.24) is 20.2 Å². The molecule has 4 aromatic rings. The summed E-state index contributed by atoms with van der Waals surface area (Å²) in [5, 5.41) is 5.95. The molecule has 0 unspecified atom stereocenters. The van der Waals surface area contributed by atoms with Crippen LogP contribution >= 0.6 is 0 Å². The summed E-state index contributed by atoms with van der Waals surface area (Å²) in [5.41, 5.74) is 3.26. The van der Waals surface area contributed by atoms with E-state index in [0.717, 1.165) is 16.6 Å². The van der Waals surface area contributed by atoms with E-state index >= 15 is 0 Å². The highest BCUT2D eigenvalue weighted by molar-refractivity contribution is 5.94. The van der Waals surface area contributed by atoms with E-state index in [1.807, 2.05) is 84.3 Å². The van der Waals surface area contributed by atoms with Gasteiger partial charge in [-0.2, -0.15) is 0 Å². The van der Waals surface area contributed by atoms with Gasteiger partial charge >= 0.3 is 0 Å². The number of para-hydroxylation sites is 2. The average Bonchev–Trinajstić information content (AvgIpc) is 3.17. The smallest absolute Gasteiger partial charge is 0.251 e. The molecule has 0 bridgehead atoms. The summed E-state index contributed by atoms with van der Waals surface area (Å²) in [7, 11) is 0. The van der Waals surface area contributed by atoms with Crippen molar-refractivity contribution in [3.63, 3.8) is 0 Å². The Hall–Kier alpha value is -3.93. The van der Waals surface area contributed by atoms with Crippen LogP contribution in [0.25, 0.3) is 11.0 Å². The normalized spacial score (nSPS) is 11.8. The Labute approximate surface area is 180 Å². The third-order valence-corrected chi connectivity index (χ3v) is 5.09. The van der Waals surface area contributed by atoms with Gasteiger partial charge in [-0.3, -0.25) is 9.59 Å². The first-order valence-electron chi connectivity index (χ1n) is 10.2. The number of hydrogen-bond acceptors (Lipinski definition) is 3. The quantitative estimate of drug-likeness (QED) is 0.484. The van der Waals surface area contributed by atoms with Crippen molar-refractivity contribution in [1.29, 1.82) is 0 Å². The van der Waals surface area contributed by atoms with E-state index in [1.54, 1.807) is 12.1 Å². The second-order valence-corrected chi connectivity index (χ2v) is 7.37. The van der Waals surface area contributed by atoms with Crippen molar-refractivity contribution in [2.75, 3.05) is 0 Å². The topological polar surface area (TPSA) is 76.0 Å². The van der Waals surface area contributed by atoms with E-state index in [2.05, 4.69) is 10.6 Å². The molecule has 0 aliphatic rings. The van der Waals surface area contributed by atoms with E-state index in [1.165, 1.54) is 0 Å². The lowest BCUT2D eigenvalue weighted by Crippen LogP contribution is -2.31. The van der Waals surface area contributed by atoms with Gasteiger partial charge in [-0.1, -0.05) is 60.7 Å². The predicted molar refractivity (Wildman–Crippen MR) is 120 cm³/mol. The number of benzene rings is 3. The second-order valence-electron chi connectivity index (χ2n) is 7.37. The van der Waals surface area contributed by atoms with Crippen molar-refractivity contribution >= 4 is 22.8 Å². The second kappa shape index (κ2) is 9.26. The summed E-state index contributed by atoms with van der Waals surface area (Å²) in [6, 6.07) is 26.1. The zero-order chi connectivity index (χ0) is 21.6. The molecule has 2 amide bonds. The molecular formula is C25H24N4O2. The van der Waals surface area contributed by atoms with Crippen LogP contribution in [0.1, 0.15) is 34.7 Å². The number of hydrogen-bond donors (Lipinski definition) is 2. The molecule has 0 aliphatic carbocycles. The monoisotopic (exact) mass is 412 g/mol. The highest BCUT2D eigenvalue weighted by atomic mass is 16.2. The maximum atomic E-state index is 12.7. The average molecular weight is 412 g/mol. The van der Waals surface area contributed by atoms with Gasteiger partial charge in [-0.05, 0) is 36.8 Å². The summed E-state index contributed by atoms with van der Waals surface area (Å²) < 4.78 is 1.87. The van der Waals surface area contributed by atoms with Crippen LogP contribution < -0.4 is 10.6 Å². The van der Waals surface area contributed by atoms with Crippen LogP contribution in [0, 0.1) is 0 Å². The lowest BCUT2D eigenvalue weighted by atomic mass is 10.2. The molecule has 2 N–H and O–H groups in total. The maximum Gasteiger partial charge on any atom is 0.251 e. The molecule has 0 saturated carbocycles. The summed E-state index contributed by atoms with van der Waals surface area (Å²) in [4.78, 5) is 30.0. The van der Waals surface area contributed by atoms with E-state index < -0.39 is 0 Å². The van der Waals surface area contributed by atoms with Crippen molar-refractivity contribution in [3.8, 4) is 0 Å². The Morgan fingerprint density at radius 1 is 0.903 bits per heavy atom. The van der Waals surface area contributed by atoms with Gasteiger partial charge in [0, 0.05) is 12.1 Å². The van der Waals surface area contributed by atoms with Crippen molar-refractivity contribution in [2.24, 2.45) is 0 Å². The van der Waals surface area contributed by atoms with Crippen LogP contribution in [-0.4, -0.2) is 21.4 Å². The molecule has 156 valence electrons. The lowest BCUT2D eigenvalue weighted by molar-refractivity contribution is -0.121. The molecule has 6 nitrogen and oxygen atoms in total. The van der Waals surface area contributed by atoms with Crippen LogP contribution in [-0.2, 0) is 17.9 Å². The molecule has 0 aliphatic heterocycles. The molecule has 6 heteroatoms. The molecular weight excluding hydrogens is 388 g/mol. The van der Waals surface area contributed by atoms with Crippen molar-refractivity contribution < 1.29 is 9.59 Å². The highest BCUT2D eigenvalue weighted by Gasteiger charge is 2.20. The van der Waals surface area contributed by atoms with Crippen LogP contribution in [0.15, 0.2) is 84.9 Å². The zero-order valence-corrected chi connectivity index (χ0v) is 17.3. The summed E-state index contributed by atoms with van der Waals surface area (Å²) in [6.07, 6.45) is 0.